The largest absolute Gasteiger partial charge is 0.416 e. The first-order valence-electron chi connectivity index (χ1n) is 12.6. The molecule has 1 saturated carbocycles. The molecule has 0 radical (unpaired) electrons. The summed E-state index contributed by atoms with van der Waals surface area (Å²) in [6.07, 6.45) is 0.138. The lowest BCUT2D eigenvalue weighted by Gasteiger charge is -2.33. The number of hydrogen-bond donors (Lipinski definition) is 1. The summed E-state index contributed by atoms with van der Waals surface area (Å²) in [7, 11) is -4.14. The highest BCUT2D eigenvalue weighted by Gasteiger charge is 2.35. The highest BCUT2D eigenvalue weighted by atomic mass is 32.2. The van der Waals surface area contributed by atoms with Gasteiger partial charge in [-0.25, -0.2) is 8.42 Å². The molecule has 11 heteroatoms. The number of alkyl halides is 3. The molecule has 1 aliphatic rings. The van der Waals surface area contributed by atoms with Gasteiger partial charge in [-0.15, -0.1) is 0 Å². The van der Waals surface area contributed by atoms with Crippen molar-refractivity contribution >= 4 is 27.5 Å². The molecular weight excluding hydrogens is 519 g/mol. The standard InChI is InChI=1S/C27H34F3N3O4S/c1-4-24(26(35)31-22-9-5-6-10-22)32(17-20-14-12-19(2)13-15-20)25(34)18-33(38(3,36)37)23-11-7-8-21(16-23)27(28,29)30/h7-8,11-16,22,24H,4-6,9-10,17-18H2,1-3H3,(H,31,35)/t24-/m0/s1. The first kappa shape index (κ1) is 29.5. The Hall–Kier alpha value is -3.08. The van der Waals surface area contributed by atoms with E-state index in [4.69, 9.17) is 0 Å². The van der Waals surface area contributed by atoms with Crippen LogP contribution in [0.5, 0.6) is 0 Å². The van der Waals surface area contributed by atoms with Gasteiger partial charge >= 0.3 is 6.18 Å². The number of nitrogens with zero attached hydrogens (tertiary/aromatic N) is 2. The fourth-order valence-corrected chi connectivity index (χ4v) is 5.47. The van der Waals surface area contributed by atoms with Crippen LogP contribution in [0.1, 0.15) is 55.7 Å². The molecule has 2 aromatic carbocycles. The van der Waals surface area contributed by atoms with Crippen LogP contribution in [0, 0.1) is 6.92 Å². The van der Waals surface area contributed by atoms with Crippen LogP contribution in [0.25, 0.3) is 0 Å². The highest BCUT2D eigenvalue weighted by molar-refractivity contribution is 7.92. The minimum absolute atomic E-state index is 0.0190. The summed E-state index contributed by atoms with van der Waals surface area (Å²) in [6, 6.07) is 10.3. The van der Waals surface area contributed by atoms with Gasteiger partial charge in [0.15, 0.2) is 0 Å². The average Bonchev–Trinajstić information content (AvgIpc) is 3.35. The quantitative estimate of drug-likeness (QED) is 0.464. The maximum Gasteiger partial charge on any atom is 0.416 e. The Bertz CT molecular complexity index is 1230. The summed E-state index contributed by atoms with van der Waals surface area (Å²) in [4.78, 5) is 28.3. The van der Waals surface area contributed by atoms with Gasteiger partial charge in [0.25, 0.3) is 0 Å². The number of aryl methyl sites for hydroxylation is 1. The molecular formula is C27H34F3N3O4S. The normalized spacial score (nSPS) is 15.2. The smallest absolute Gasteiger partial charge is 0.352 e. The van der Waals surface area contributed by atoms with Crippen LogP contribution in [0.3, 0.4) is 0 Å². The number of carbonyl (C=O) groups excluding carboxylic acids is 2. The maximum atomic E-state index is 13.7. The lowest BCUT2D eigenvalue weighted by molar-refractivity contribution is -0.140. The van der Waals surface area contributed by atoms with E-state index in [1.54, 1.807) is 6.92 Å². The van der Waals surface area contributed by atoms with E-state index in [0.717, 1.165) is 55.2 Å². The Morgan fingerprint density at radius 2 is 1.71 bits per heavy atom. The van der Waals surface area contributed by atoms with E-state index < -0.39 is 40.3 Å². The minimum Gasteiger partial charge on any atom is -0.352 e. The van der Waals surface area contributed by atoms with E-state index in [1.165, 1.54) is 11.0 Å². The van der Waals surface area contributed by atoms with Gasteiger partial charge < -0.3 is 10.2 Å². The molecule has 7 nitrogen and oxygen atoms in total. The number of benzene rings is 2. The first-order chi connectivity index (χ1) is 17.8. The van der Waals surface area contributed by atoms with Gasteiger partial charge in [0, 0.05) is 12.6 Å². The van der Waals surface area contributed by atoms with Crippen LogP contribution in [0.15, 0.2) is 48.5 Å². The van der Waals surface area contributed by atoms with Crippen molar-refractivity contribution in [3.8, 4) is 0 Å². The van der Waals surface area contributed by atoms with Gasteiger partial charge in [-0.3, -0.25) is 13.9 Å². The van der Waals surface area contributed by atoms with Crippen molar-refractivity contribution in [1.82, 2.24) is 10.2 Å². The number of sulfonamides is 1. The van der Waals surface area contributed by atoms with Crippen molar-refractivity contribution < 1.29 is 31.2 Å². The predicted molar refractivity (Wildman–Crippen MR) is 140 cm³/mol. The number of rotatable bonds is 10. The van der Waals surface area contributed by atoms with E-state index in [1.807, 2.05) is 31.2 Å². The molecule has 0 spiro atoms. The first-order valence-corrected chi connectivity index (χ1v) is 14.4. The second-order valence-corrected chi connectivity index (χ2v) is 11.6. The van der Waals surface area contributed by atoms with Crippen LogP contribution in [-0.2, 0) is 32.3 Å². The molecule has 1 fully saturated rings. The molecule has 0 saturated heterocycles. The SMILES string of the molecule is CC[C@@H](C(=O)NC1CCCC1)N(Cc1ccc(C)cc1)C(=O)CN(c1cccc(C(F)(F)F)c1)S(C)(=O)=O. The molecule has 1 aliphatic carbocycles. The minimum atomic E-state index is -4.69. The van der Waals surface area contributed by atoms with Gasteiger partial charge in [0.05, 0.1) is 17.5 Å². The van der Waals surface area contributed by atoms with Crippen LogP contribution in [0.4, 0.5) is 18.9 Å². The number of halogens is 3. The Kier molecular flexibility index (Phi) is 9.45. The molecule has 0 heterocycles. The molecule has 1 atom stereocenters. The van der Waals surface area contributed by atoms with Crippen LogP contribution >= 0.6 is 0 Å². The maximum absolute atomic E-state index is 13.7. The average molecular weight is 554 g/mol. The van der Waals surface area contributed by atoms with Gasteiger partial charge in [-0.1, -0.05) is 55.7 Å². The van der Waals surface area contributed by atoms with Crippen molar-refractivity contribution in [3.05, 3.63) is 65.2 Å². The lowest BCUT2D eigenvalue weighted by atomic mass is 10.1. The summed E-state index contributed by atoms with van der Waals surface area (Å²) in [5.74, 6) is -1.02. The fraction of sp³-hybridized carbons (Fsp3) is 0.481. The highest BCUT2D eigenvalue weighted by Crippen LogP contribution is 2.32. The molecule has 3 rings (SSSR count). The van der Waals surface area contributed by atoms with Crippen molar-refractivity contribution in [1.29, 1.82) is 0 Å². The van der Waals surface area contributed by atoms with Crippen molar-refractivity contribution in [2.24, 2.45) is 0 Å². The molecule has 1 N–H and O–H groups in total. The zero-order valence-corrected chi connectivity index (χ0v) is 22.6. The summed E-state index contributed by atoms with van der Waals surface area (Å²) >= 11 is 0. The second-order valence-electron chi connectivity index (χ2n) is 9.74. The third kappa shape index (κ3) is 7.72. The Morgan fingerprint density at radius 3 is 2.26 bits per heavy atom. The van der Waals surface area contributed by atoms with Crippen LogP contribution in [0.2, 0.25) is 0 Å². The van der Waals surface area contributed by atoms with Crippen molar-refractivity contribution in [3.63, 3.8) is 0 Å². The third-order valence-electron chi connectivity index (χ3n) is 6.70. The third-order valence-corrected chi connectivity index (χ3v) is 7.84. The Labute approximate surface area is 222 Å². The molecule has 2 amide bonds. The van der Waals surface area contributed by atoms with E-state index in [0.29, 0.717) is 10.4 Å². The monoisotopic (exact) mass is 553 g/mol. The number of anilines is 1. The van der Waals surface area contributed by atoms with Gasteiger partial charge in [0.2, 0.25) is 21.8 Å². The Balaban J connectivity index is 1.95. The van der Waals surface area contributed by atoms with E-state index in [-0.39, 0.29) is 30.6 Å². The zero-order chi connectivity index (χ0) is 28.1. The van der Waals surface area contributed by atoms with E-state index in [9.17, 15) is 31.2 Å². The lowest BCUT2D eigenvalue weighted by Crippen LogP contribution is -2.53. The van der Waals surface area contributed by atoms with E-state index >= 15 is 0 Å². The molecule has 2 aromatic rings. The summed E-state index contributed by atoms with van der Waals surface area (Å²) in [6.45, 7) is 2.96. The molecule has 0 bridgehead atoms. The number of carbonyl (C=O) groups is 2. The fourth-order valence-electron chi connectivity index (χ4n) is 4.63. The van der Waals surface area contributed by atoms with Gasteiger partial charge in [0.1, 0.15) is 12.6 Å². The van der Waals surface area contributed by atoms with Gasteiger partial charge in [-0.2, -0.15) is 13.2 Å². The number of amides is 2. The zero-order valence-electron chi connectivity index (χ0n) is 21.8. The number of nitrogens with one attached hydrogen (secondary N) is 1. The molecule has 38 heavy (non-hydrogen) atoms. The van der Waals surface area contributed by atoms with Gasteiger partial charge in [-0.05, 0) is 49.9 Å². The van der Waals surface area contributed by atoms with Crippen LogP contribution in [-0.4, -0.2) is 50.0 Å². The molecule has 0 aliphatic heterocycles. The van der Waals surface area contributed by atoms with Crippen molar-refractivity contribution in [2.45, 2.75) is 70.8 Å². The molecule has 0 aromatic heterocycles. The predicted octanol–water partition coefficient (Wildman–Crippen LogP) is 4.65. The topological polar surface area (TPSA) is 86.8 Å². The van der Waals surface area contributed by atoms with Crippen molar-refractivity contribution in [2.75, 3.05) is 17.1 Å². The summed E-state index contributed by atoms with van der Waals surface area (Å²) < 4.78 is 65.9. The number of hydrogen-bond acceptors (Lipinski definition) is 4. The van der Waals surface area contributed by atoms with E-state index in [2.05, 4.69) is 5.32 Å². The van der Waals surface area contributed by atoms with Crippen LogP contribution < -0.4 is 9.62 Å². The second kappa shape index (κ2) is 12.2. The Morgan fingerprint density at radius 1 is 1.08 bits per heavy atom. The molecule has 0 unspecified atom stereocenters. The molecule has 208 valence electrons. The summed E-state index contributed by atoms with van der Waals surface area (Å²) in [5, 5.41) is 3.01. The summed E-state index contributed by atoms with van der Waals surface area (Å²) in [5.41, 5.74) is 0.427.